The van der Waals surface area contributed by atoms with Gasteiger partial charge in [0.2, 0.25) is 0 Å². The Labute approximate surface area is 136 Å². The van der Waals surface area contributed by atoms with E-state index in [0.29, 0.717) is 17.1 Å². The third kappa shape index (κ3) is 2.14. The van der Waals surface area contributed by atoms with Crippen molar-refractivity contribution < 1.29 is 15.0 Å². The van der Waals surface area contributed by atoms with Gasteiger partial charge in [0.15, 0.2) is 5.78 Å². The zero-order chi connectivity index (χ0) is 16.8. The van der Waals surface area contributed by atoms with Crippen molar-refractivity contribution >= 4 is 28.1 Å². The fraction of sp³-hybridized carbons (Fsp3) is 0.0588. The highest BCUT2D eigenvalue weighted by Crippen LogP contribution is 2.33. The van der Waals surface area contributed by atoms with Crippen LogP contribution in [0.25, 0.3) is 16.6 Å². The minimum Gasteiger partial charge on any atom is -0.508 e. The molecule has 24 heavy (non-hydrogen) atoms. The summed E-state index contributed by atoms with van der Waals surface area (Å²) in [6.45, 7) is 0.0150. The van der Waals surface area contributed by atoms with Crippen molar-refractivity contribution in [1.29, 1.82) is 0 Å². The maximum absolute atomic E-state index is 12.5. The summed E-state index contributed by atoms with van der Waals surface area (Å²) in [5.41, 5.74) is 8.45. The summed E-state index contributed by atoms with van der Waals surface area (Å²) in [6, 6.07) is 11.5. The number of carbonyl (C=O) groups excluding carboxylic acids is 1. The third-order valence-electron chi connectivity index (χ3n) is 3.95. The predicted molar refractivity (Wildman–Crippen MR) is 89.3 cm³/mol. The normalized spacial score (nSPS) is 14.8. The Kier molecular flexibility index (Phi) is 2.96. The molecule has 0 atom stereocenters. The number of phenols is 2. The number of imidazole rings is 1. The van der Waals surface area contributed by atoms with Gasteiger partial charge < -0.3 is 25.8 Å². The molecule has 120 valence electrons. The van der Waals surface area contributed by atoms with Gasteiger partial charge in [0.05, 0.1) is 23.3 Å². The number of hydrogen-bond donors (Lipinski definition) is 4. The summed E-state index contributed by atoms with van der Waals surface area (Å²) < 4.78 is 0. The molecule has 0 spiro atoms. The monoisotopic (exact) mass is 322 g/mol. The Bertz CT molecular complexity index is 953. The Morgan fingerprint density at radius 3 is 2.54 bits per heavy atom. The van der Waals surface area contributed by atoms with Gasteiger partial charge in [0.1, 0.15) is 28.7 Å². The number of rotatable bonds is 2. The van der Waals surface area contributed by atoms with E-state index in [1.807, 2.05) is 24.3 Å². The standard InChI is InChI=1S/C17H14N4O3/c18-16-15(17-19-12-3-1-2-4-13(12)20-17)14(24)8-21(16)9-5-10(22)7-11(23)6-9/h1-7,22-23H,8,18H2,(H,19,20). The molecule has 0 saturated carbocycles. The van der Waals surface area contributed by atoms with Crippen LogP contribution in [0.2, 0.25) is 0 Å². The molecule has 0 saturated heterocycles. The van der Waals surface area contributed by atoms with E-state index < -0.39 is 0 Å². The van der Waals surface area contributed by atoms with E-state index in [9.17, 15) is 15.0 Å². The van der Waals surface area contributed by atoms with Gasteiger partial charge in [-0.3, -0.25) is 4.79 Å². The van der Waals surface area contributed by atoms with Crippen LogP contribution in [-0.2, 0) is 4.79 Å². The summed E-state index contributed by atoms with van der Waals surface area (Å²) in [5, 5.41) is 19.3. The maximum atomic E-state index is 12.5. The molecule has 1 aromatic heterocycles. The number of para-hydroxylation sites is 2. The molecule has 1 aliphatic heterocycles. The van der Waals surface area contributed by atoms with Crippen molar-refractivity contribution in [1.82, 2.24) is 9.97 Å². The maximum Gasteiger partial charge on any atom is 0.189 e. The number of ketones is 1. The molecule has 0 amide bonds. The van der Waals surface area contributed by atoms with Gasteiger partial charge in [0.25, 0.3) is 0 Å². The van der Waals surface area contributed by atoms with Gasteiger partial charge in [-0.05, 0) is 12.1 Å². The number of fused-ring (bicyclic) bond motifs is 1. The summed E-state index contributed by atoms with van der Waals surface area (Å²) in [7, 11) is 0. The van der Waals surface area contributed by atoms with Crippen LogP contribution >= 0.6 is 0 Å². The molecule has 3 aromatic rings. The summed E-state index contributed by atoms with van der Waals surface area (Å²) in [5.74, 6) is 0.230. The molecule has 7 heteroatoms. The van der Waals surface area contributed by atoms with Crippen molar-refractivity contribution in [2.45, 2.75) is 0 Å². The number of hydrogen-bond acceptors (Lipinski definition) is 6. The number of nitrogens with one attached hydrogen (secondary N) is 1. The smallest absolute Gasteiger partial charge is 0.189 e. The van der Waals surface area contributed by atoms with Gasteiger partial charge in [-0.1, -0.05) is 12.1 Å². The van der Waals surface area contributed by atoms with Crippen molar-refractivity contribution in [2.75, 3.05) is 11.4 Å². The second-order valence-electron chi connectivity index (χ2n) is 5.58. The molecule has 0 bridgehead atoms. The number of aromatic hydroxyl groups is 2. The highest BCUT2D eigenvalue weighted by atomic mass is 16.3. The van der Waals surface area contributed by atoms with Gasteiger partial charge in [0, 0.05) is 18.2 Å². The van der Waals surface area contributed by atoms with Crippen LogP contribution in [0.3, 0.4) is 0 Å². The second-order valence-corrected chi connectivity index (χ2v) is 5.58. The molecule has 0 aliphatic carbocycles. The Hall–Kier alpha value is -3.48. The SMILES string of the molecule is NC1=C(c2nc3ccccc3[nH]2)C(=O)CN1c1cc(O)cc(O)c1. The van der Waals surface area contributed by atoms with E-state index in [-0.39, 0.29) is 29.6 Å². The Balaban J connectivity index is 1.82. The highest BCUT2D eigenvalue weighted by molar-refractivity contribution is 6.26. The molecule has 1 aliphatic rings. The predicted octanol–water partition coefficient (Wildman–Crippen LogP) is 1.69. The lowest BCUT2D eigenvalue weighted by molar-refractivity contribution is -0.112. The van der Waals surface area contributed by atoms with E-state index in [1.165, 1.54) is 23.1 Å². The van der Waals surface area contributed by atoms with Gasteiger partial charge in [-0.2, -0.15) is 0 Å². The van der Waals surface area contributed by atoms with Crippen LogP contribution in [0.4, 0.5) is 5.69 Å². The first-order valence-electron chi connectivity index (χ1n) is 7.31. The number of aromatic nitrogens is 2. The fourth-order valence-electron chi connectivity index (χ4n) is 2.88. The first-order valence-corrected chi connectivity index (χ1v) is 7.31. The van der Waals surface area contributed by atoms with Gasteiger partial charge in [-0.15, -0.1) is 0 Å². The molecule has 2 aromatic carbocycles. The number of nitrogens with two attached hydrogens (primary N) is 1. The highest BCUT2D eigenvalue weighted by Gasteiger charge is 2.32. The van der Waals surface area contributed by atoms with E-state index >= 15 is 0 Å². The molecule has 4 rings (SSSR count). The van der Waals surface area contributed by atoms with Gasteiger partial charge >= 0.3 is 0 Å². The van der Waals surface area contributed by atoms with Crippen LogP contribution in [-0.4, -0.2) is 32.5 Å². The Morgan fingerprint density at radius 1 is 1.12 bits per heavy atom. The van der Waals surface area contributed by atoms with Crippen LogP contribution in [0.5, 0.6) is 11.5 Å². The number of benzene rings is 2. The molecule has 0 fully saturated rings. The number of anilines is 1. The number of carbonyl (C=O) groups is 1. The molecule has 2 heterocycles. The first kappa shape index (κ1) is 14.1. The second kappa shape index (κ2) is 5.02. The van der Waals surface area contributed by atoms with E-state index in [4.69, 9.17) is 5.73 Å². The van der Waals surface area contributed by atoms with Crippen molar-refractivity contribution in [2.24, 2.45) is 5.73 Å². The Morgan fingerprint density at radius 2 is 1.83 bits per heavy atom. The summed E-state index contributed by atoms with van der Waals surface area (Å²) in [6.07, 6.45) is 0. The summed E-state index contributed by atoms with van der Waals surface area (Å²) >= 11 is 0. The molecule has 7 nitrogen and oxygen atoms in total. The third-order valence-corrected chi connectivity index (χ3v) is 3.95. The average Bonchev–Trinajstić information content (AvgIpc) is 3.06. The molecular weight excluding hydrogens is 308 g/mol. The lowest BCUT2D eigenvalue weighted by Crippen LogP contribution is -2.25. The van der Waals surface area contributed by atoms with E-state index in [1.54, 1.807) is 0 Å². The summed E-state index contributed by atoms with van der Waals surface area (Å²) in [4.78, 5) is 21.5. The first-order chi connectivity index (χ1) is 11.5. The molecular formula is C17H14N4O3. The van der Waals surface area contributed by atoms with E-state index in [2.05, 4.69) is 9.97 Å². The van der Waals surface area contributed by atoms with Crippen LogP contribution in [0.15, 0.2) is 48.3 Å². The number of nitrogens with zero attached hydrogens (tertiary/aromatic N) is 2. The van der Waals surface area contributed by atoms with Crippen molar-refractivity contribution in [3.63, 3.8) is 0 Å². The lowest BCUT2D eigenvalue weighted by Gasteiger charge is -2.19. The molecule has 0 radical (unpaired) electrons. The molecule has 0 unspecified atom stereocenters. The van der Waals surface area contributed by atoms with Crippen molar-refractivity contribution in [3.8, 4) is 11.5 Å². The quantitative estimate of drug-likeness (QED) is 0.571. The van der Waals surface area contributed by atoms with Crippen molar-refractivity contribution in [3.05, 3.63) is 54.1 Å². The largest absolute Gasteiger partial charge is 0.508 e. The van der Waals surface area contributed by atoms with Crippen LogP contribution in [0.1, 0.15) is 5.82 Å². The van der Waals surface area contributed by atoms with Crippen LogP contribution in [0, 0.1) is 0 Å². The number of aromatic amines is 1. The van der Waals surface area contributed by atoms with Crippen LogP contribution < -0.4 is 10.6 Å². The fourth-order valence-corrected chi connectivity index (χ4v) is 2.88. The topological polar surface area (TPSA) is 115 Å². The number of H-pyrrole nitrogens is 1. The van der Waals surface area contributed by atoms with Gasteiger partial charge in [-0.25, -0.2) is 4.98 Å². The zero-order valence-corrected chi connectivity index (χ0v) is 12.5. The number of Topliss-reactive ketones (excluding diaryl/α,β-unsaturated/α-hetero) is 1. The number of phenolic OH excluding ortho intramolecular Hbond substituents is 2. The zero-order valence-electron chi connectivity index (χ0n) is 12.5. The minimum absolute atomic E-state index is 0.0150. The molecule has 5 N–H and O–H groups in total. The average molecular weight is 322 g/mol. The van der Waals surface area contributed by atoms with E-state index in [0.717, 1.165) is 11.0 Å². The minimum atomic E-state index is -0.186. The lowest BCUT2D eigenvalue weighted by atomic mass is 10.2.